The summed E-state index contributed by atoms with van der Waals surface area (Å²) in [5.41, 5.74) is 0.263. The van der Waals surface area contributed by atoms with Crippen molar-refractivity contribution in [3.8, 4) is 0 Å². The van der Waals surface area contributed by atoms with Gasteiger partial charge in [0.25, 0.3) is 11.5 Å². The normalized spacial score (nSPS) is 21.4. The third-order valence-electron chi connectivity index (χ3n) is 5.86. The van der Waals surface area contributed by atoms with E-state index in [1.807, 2.05) is 0 Å². The Morgan fingerprint density at radius 3 is 2.44 bits per heavy atom. The lowest BCUT2D eigenvalue weighted by molar-refractivity contribution is -0.134. The molecule has 0 bridgehead atoms. The molecule has 32 heavy (non-hydrogen) atoms. The third kappa shape index (κ3) is 3.77. The van der Waals surface area contributed by atoms with Gasteiger partial charge in [0.2, 0.25) is 5.91 Å². The van der Waals surface area contributed by atoms with Gasteiger partial charge in [-0.15, -0.1) is 0 Å². The van der Waals surface area contributed by atoms with Crippen molar-refractivity contribution in [3.05, 3.63) is 75.5 Å². The lowest BCUT2D eigenvalue weighted by Gasteiger charge is -2.35. The van der Waals surface area contributed by atoms with E-state index < -0.39 is 36.3 Å². The molecular formula is C24H23FN4O3. The fourth-order valence-corrected chi connectivity index (χ4v) is 4.02. The molecule has 7 nitrogen and oxygen atoms in total. The first kappa shape index (κ1) is 16.1. The second-order valence-corrected chi connectivity index (χ2v) is 7.84. The predicted molar refractivity (Wildman–Crippen MR) is 117 cm³/mol. The van der Waals surface area contributed by atoms with Gasteiger partial charge < -0.3 is 9.80 Å². The van der Waals surface area contributed by atoms with Gasteiger partial charge in [0.05, 0.1) is 16.6 Å². The van der Waals surface area contributed by atoms with Crippen LogP contribution >= 0.6 is 0 Å². The van der Waals surface area contributed by atoms with E-state index in [1.165, 1.54) is 15.9 Å². The Kier molecular flexibility index (Phi) is 4.13. The van der Waals surface area contributed by atoms with Crippen molar-refractivity contribution in [1.29, 1.82) is 0 Å². The minimum Gasteiger partial charge on any atom is -0.339 e. The Bertz CT molecular complexity index is 1420. The number of carbonyl (C=O) groups is 2. The van der Waals surface area contributed by atoms with Gasteiger partial charge in [0.1, 0.15) is 5.82 Å². The number of nitrogens with one attached hydrogen (secondary N) is 1. The molecule has 1 N–H and O–H groups in total. The summed E-state index contributed by atoms with van der Waals surface area (Å²) in [5.74, 6) is -3.17. The second kappa shape index (κ2) is 8.18. The molecule has 164 valence electrons. The number of fused-ring (bicyclic) bond motifs is 1. The first-order valence-electron chi connectivity index (χ1n) is 12.4. The quantitative estimate of drug-likeness (QED) is 0.678. The molecule has 8 heteroatoms. The molecule has 1 saturated heterocycles. The average Bonchev–Trinajstić information content (AvgIpc) is 3.29. The molecule has 0 radical (unpaired) electrons. The molecule has 2 amide bonds. The molecule has 1 aliphatic carbocycles. The van der Waals surface area contributed by atoms with Crippen molar-refractivity contribution in [2.75, 3.05) is 26.2 Å². The summed E-state index contributed by atoms with van der Waals surface area (Å²) in [5, 5.41) is 7.55. The zero-order chi connectivity index (χ0) is 25.8. The summed E-state index contributed by atoms with van der Waals surface area (Å²) in [7, 11) is 0. The SMILES string of the molecule is [2H]C1([2H])C(C(=O)N2CCN(C(=O)c3cccc(Cc4n[nH]c(=O)c5ccccc45)c3F)CC2)C1([2H])[2H]. The number of aromatic nitrogens is 2. The predicted octanol–water partition coefficient (Wildman–Crippen LogP) is 2.35. The molecular weight excluding hydrogens is 411 g/mol. The van der Waals surface area contributed by atoms with Gasteiger partial charge in [-0.25, -0.2) is 9.49 Å². The van der Waals surface area contributed by atoms with E-state index >= 15 is 4.39 Å². The third-order valence-corrected chi connectivity index (χ3v) is 5.86. The molecule has 5 rings (SSSR count). The molecule has 2 fully saturated rings. The molecule has 1 saturated carbocycles. The maximum absolute atomic E-state index is 15.4. The lowest BCUT2D eigenvalue weighted by Crippen LogP contribution is -2.51. The van der Waals surface area contributed by atoms with Crippen LogP contribution in [0, 0.1) is 11.7 Å². The summed E-state index contributed by atoms with van der Waals surface area (Å²) in [6, 6.07) is 11.4. The maximum atomic E-state index is 15.4. The lowest BCUT2D eigenvalue weighted by atomic mass is 10.0. The smallest absolute Gasteiger partial charge is 0.272 e. The van der Waals surface area contributed by atoms with Gasteiger partial charge in [0, 0.05) is 49.4 Å². The number of rotatable bonds is 4. The van der Waals surface area contributed by atoms with Crippen molar-refractivity contribution >= 4 is 22.6 Å². The summed E-state index contributed by atoms with van der Waals surface area (Å²) < 4.78 is 46.1. The average molecular weight is 438 g/mol. The van der Waals surface area contributed by atoms with E-state index in [4.69, 9.17) is 5.48 Å². The van der Waals surface area contributed by atoms with Crippen LogP contribution in [0.3, 0.4) is 0 Å². The molecule has 1 aromatic heterocycles. The molecule has 3 aromatic rings. The summed E-state index contributed by atoms with van der Waals surface area (Å²) in [6.45, 7) is 0.474. The number of piperazine rings is 1. The summed E-state index contributed by atoms with van der Waals surface area (Å²) in [6.07, 6.45) is -4.34. The topological polar surface area (TPSA) is 86.4 Å². The van der Waals surface area contributed by atoms with Crippen LogP contribution in [-0.4, -0.2) is 58.0 Å². The minimum atomic E-state index is -2.20. The second-order valence-electron chi connectivity index (χ2n) is 7.84. The van der Waals surface area contributed by atoms with E-state index in [9.17, 15) is 14.4 Å². The molecule has 1 aliphatic heterocycles. The largest absolute Gasteiger partial charge is 0.339 e. The van der Waals surface area contributed by atoms with E-state index in [0.29, 0.717) is 16.5 Å². The standard InChI is InChI=1S/C24H23FN4O3/c25-21-16(14-20-17-5-1-2-6-18(17)22(30)27-26-20)4-3-7-19(21)24(32)29-12-10-28(11-13-29)23(31)15-8-9-15/h1-7,15H,8-14H2,(H,27,30)/i8D2,9D2. The number of aromatic amines is 1. The van der Waals surface area contributed by atoms with E-state index in [2.05, 4.69) is 10.2 Å². The van der Waals surface area contributed by atoms with Crippen LogP contribution in [0.2, 0.25) is 0 Å². The first-order chi connectivity index (χ1) is 17.0. The highest BCUT2D eigenvalue weighted by atomic mass is 19.1. The van der Waals surface area contributed by atoms with Gasteiger partial charge in [-0.2, -0.15) is 5.10 Å². The van der Waals surface area contributed by atoms with E-state index in [-0.39, 0.29) is 49.3 Å². The van der Waals surface area contributed by atoms with Gasteiger partial charge in [-0.3, -0.25) is 14.4 Å². The number of nitrogens with zero attached hydrogens (tertiary/aromatic N) is 3. The molecule has 2 heterocycles. The first-order valence-corrected chi connectivity index (χ1v) is 10.4. The van der Waals surface area contributed by atoms with Gasteiger partial charge >= 0.3 is 0 Å². The van der Waals surface area contributed by atoms with Crippen molar-refractivity contribution in [1.82, 2.24) is 20.0 Å². The Hall–Kier alpha value is -3.55. The summed E-state index contributed by atoms with van der Waals surface area (Å²) in [4.78, 5) is 40.5. The highest BCUT2D eigenvalue weighted by molar-refractivity contribution is 5.95. The number of hydrogen-bond donors (Lipinski definition) is 1. The van der Waals surface area contributed by atoms with Crippen molar-refractivity contribution in [2.45, 2.75) is 19.2 Å². The summed E-state index contributed by atoms with van der Waals surface area (Å²) >= 11 is 0. The number of halogens is 1. The van der Waals surface area contributed by atoms with Crippen LogP contribution in [0.4, 0.5) is 4.39 Å². The maximum Gasteiger partial charge on any atom is 0.272 e. The zero-order valence-electron chi connectivity index (χ0n) is 21.1. The van der Waals surface area contributed by atoms with Crippen molar-refractivity contribution < 1.29 is 19.5 Å². The number of hydrogen-bond acceptors (Lipinski definition) is 4. The van der Waals surface area contributed by atoms with Crippen LogP contribution in [0.15, 0.2) is 47.3 Å². The van der Waals surface area contributed by atoms with Crippen LogP contribution in [0.1, 0.15) is 39.8 Å². The van der Waals surface area contributed by atoms with Gasteiger partial charge in [-0.05, 0) is 30.4 Å². The number of amides is 2. The number of benzene rings is 2. The van der Waals surface area contributed by atoms with Crippen LogP contribution < -0.4 is 5.56 Å². The molecule has 0 unspecified atom stereocenters. The van der Waals surface area contributed by atoms with Crippen LogP contribution in [0.25, 0.3) is 10.8 Å². The van der Waals surface area contributed by atoms with Crippen LogP contribution in [0.5, 0.6) is 0 Å². The van der Waals surface area contributed by atoms with Gasteiger partial charge in [0.15, 0.2) is 0 Å². The fraction of sp³-hybridized carbons (Fsp3) is 0.333. The molecule has 2 aromatic carbocycles. The highest BCUT2D eigenvalue weighted by Crippen LogP contribution is 2.31. The van der Waals surface area contributed by atoms with Gasteiger partial charge in [-0.1, -0.05) is 30.3 Å². The molecule has 0 atom stereocenters. The Labute approximate surface area is 189 Å². The van der Waals surface area contributed by atoms with Crippen LogP contribution in [-0.2, 0) is 11.2 Å². The monoisotopic (exact) mass is 438 g/mol. The highest BCUT2D eigenvalue weighted by Gasteiger charge is 2.35. The number of carbonyl (C=O) groups excluding carboxylic acids is 2. The molecule has 0 spiro atoms. The Balaban J connectivity index is 1.30. The Morgan fingerprint density at radius 1 is 1.03 bits per heavy atom. The van der Waals surface area contributed by atoms with Crippen molar-refractivity contribution in [3.63, 3.8) is 0 Å². The number of H-pyrrole nitrogens is 1. The van der Waals surface area contributed by atoms with Crippen molar-refractivity contribution in [2.24, 2.45) is 5.92 Å². The fourth-order valence-electron chi connectivity index (χ4n) is 4.02. The zero-order valence-corrected chi connectivity index (χ0v) is 17.1. The van der Waals surface area contributed by atoms with E-state index in [0.717, 1.165) is 0 Å². The molecule has 2 aliphatic rings. The Morgan fingerprint density at radius 2 is 1.72 bits per heavy atom. The minimum absolute atomic E-state index is 0.0674. The van der Waals surface area contributed by atoms with E-state index in [1.54, 1.807) is 36.4 Å².